The molecule has 2 aromatic rings. The zero-order chi connectivity index (χ0) is 15.9. The second-order valence-electron chi connectivity index (χ2n) is 4.76. The fraction of sp³-hybridized carbons (Fsp3) is 0.235. The number of hydrogen-bond acceptors (Lipinski definition) is 2. The molecular formula is C17H17F2NO2. The molecule has 0 aromatic heterocycles. The van der Waals surface area contributed by atoms with Gasteiger partial charge < -0.3 is 9.64 Å². The van der Waals surface area contributed by atoms with Crippen LogP contribution in [0.15, 0.2) is 48.5 Å². The summed E-state index contributed by atoms with van der Waals surface area (Å²) >= 11 is 0. The minimum atomic E-state index is -0.511. The molecule has 0 saturated heterocycles. The molecule has 2 aromatic carbocycles. The summed E-state index contributed by atoms with van der Waals surface area (Å²) in [5.41, 5.74) is 0.695. The number of ether oxygens (including phenoxy) is 1. The van der Waals surface area contributed by atoms with E-state index in [1.807, 2.05) is 6.92 Å². The number of likely N-dealkylation sites (N-methyl/N-ethyl adjacent to an activating group) is 1. The van der Waals surface area contributed by atoms with E-state index >= 15 is 0 Å². The first-order valence-electron chi connectivity index (χ1n) is 6.99. The van der Waals surface area contributed by atoms with Gasteiger partial charge in [-0.25, -0.2) is 8.78 Å². The lowest BCUT2D eigenvalue weighted by Gasteiger charge is -2.21. The van der Waals surface area contributed by atoms with Gasteiger partial charge in [0.2, 0.25) is 0 Å². The second-order valence-corrected chi connectivity index (χ2v) is 4.76. The van der Waals surface area contributed by atoms with Crippen molar-refractivity contribution in [3.05, 3.63) is 65.7 Å². The fourth-order valence-electron chi connectivity index (χ4n) is 2.02. The Kier molecular flexibility index (Phi) is 5.47. The van der Waals surface area contributed by atoms with Crippen molar-refractivity contribution in [3.8, 4) is 5.75 Å². The molecule has 22 heavy (non-hydrogen) atoms. The maximum absolute atomic E-state index is 13.4. The Morgan fingerprint density at radius 3 is 2.59 bits per heavy atom. The van der Waals surface area contributed by atoms with Crippen LogP contribution in [-0.4, -0.2) is 24.0 Å². The molecule has 0 radical (unpaired) electrons. The van der Waals surface area contributed by atoms with Crippen molar-refractivity contribution < 1.29 is 18.3 Å². The summed E-state index contributed by atoms with van der Waals surface area (Å²) in [4.78, 5) is 13.7. The zero-order valence-electron chi connectivity index (χ0n) is 12.3. The molecule has 0 aliphatic carbocycles. The number of halogens is 2. The molecule has 0 unspecified atom stereocenters. The van der Waals surface area contributed by atoms with E-state index in [1.54, 1.807) is 24.3 Å². The number of benzene rings is 2. The number of carbonyl (C=O) groups is 1. The number of amides is 1. The van der Waals surface area contributed by atoms with Crippen LogP contribution in [0.4, 0.5) is 8.78 Å². The van der Waals surface area contributed by atoms with Crippen molar-refractivity contribution in [1.29, 1.82) is 0 Å². The van der Waals surface area contributed by atoms with Crippen molar-refractivity contribution in [1.82, 2.24) is 4.90 Å². The van der Waals surface area contributed by atoms with E-state index in [0.29, 0.717) is 12.1 Å². The molecule has 0 aliphatic heterocycles. The third-order valence-electron chi connectivity index (χ3n) is 3.18. The van der Waals surface area contributed by atoms with E-state index in [0.717, 1.165) is 0 Å². The maximum atomic E-state index is 13.4. The quantitative estimate of drug-likeness (QED) is 0.818. The summed E-state index contributed by atoms with van der Waals surface area (Å²) in [6.07, 6.45) is 0. The Morgan fingerprint density at radius 2 is 1.91 bits per heavy atom. The van der Waals surface area contributed by atoms with Gasteiger partial charge in [0.05, 0.1) is 0 Å². The number of rotatable bonds is 6. The average molecular weight is 305 g/mol. The van der Waals surface area contributed by atoms with Crippen LogP contribution in [0.2, 0.25) is 0 Å². The molecule has 0 atom stereocenters. The van der Waals surface area contributed by atoms with Crippen LogP contribution >= 0.6 is 0 Å². The number of hydrogen-bond donors (Lipinski definition) is 0. The van der Waals surface area contributed by atoms with Gasteiger partial charge in [0.1, 0.15) is 5.82 Å². The van der Waals surface area contributed by atoms with Gasteiger partial charge >= 0.3 is 0 Å². The minimum Gasteiger partial charge on any atom is -0.481 e. The molecule has 0 spiro atoms. The van der Waals surface area contributed by atoms with Gasteiger partial charge in [-0.1, -0.05) is 24.3 Å². The Bertz CT molecular complexity index is 646. The van der Waals surface area contributed by atoms with Gasteiger partial charge in [-0.3, -0.25) is 4.79 Å². The Hall–Kier alpha value is -2.43. The van der Waals surface area contributed by atoms with E-state index in [2.05, 4.69) is 0 Å². The maximum Gasteiger partial charge on any atom is 0.260 e. The SMILES string of the molecule is CCN(Cc1cccc(F)c1)C(=O)COc1ccccc1F. The summed E-state index contributed by atoms with van der Waals surface area (Å²) in [5.74, 6) is -1.10. The second kappa shape index (κ2) is 7.54. The van der Waals surface area contributed by atoms with Crippen molar-refractivity contribution in [2.45, 2.75) is 13.5 Å². The predicted molar refractivity (Wildman–Crippen MR) is 79.4 cm³/mol. The molecule has 2 rings (SSSR count). The number of para-hydroxylation sites is 1. The van der Waals surface area contributed by atoms with E-state index in [-0.39, 0.29) is 30.6 Å². The smallest absolute Gasteiger partial charge is 0.260 e. The van der Waals surface area contributed by atoms with Gasteiger partial charge in [0, 0.05) is 13.1 Å². The van der Waals surface area contributed by atoms with Gasteiger partial charge in [0.15, 0.2) is 18.2 Å². The van der Waals surface area contributed by atoms with Gasteiger partial charge in [-0.05, 0) is 36.8 Å². The summed E-state index contributed by atoms with van der Waals surface area (Å²) < 4.78 is 31.8. The highest BCUT2D eigenvalue weighted by atomic mass is 19.1. The molecule has 0 heterocycles. The lowest BCUT2D eigenvalue weighted by Crippen LogP contribution is -2.34. The van der Waals surface area contributed by atoms with Gasteiger partial charge in [-0.15, -0.1) is 0 Å². The summed E-state index contributed by atoms with van der Waals surface area (Å²) in [5, 5.41) is 0. The molecule has 0 fully saturated rings. The van der Waals surface area contributed by atoms with E-state index in [4.69, 9.17) is 4.74 Å². The van der Waals surface area contributed by atoms with Crippen molar-refractivity contribution in [2.24, 2.45) is 0 Å². The van der Waals surface area contributed by atoms with E-state index in [1.165, 1.54) is 29.2 Å². The van der Waals surface area contributed by atoms with Crippen molar-refractivity contribution in [3.63, 3.8) is 0 Å². The summed E-state index contributed by atoms with van der Waals surface area (Å²) in [6, 6.07) is 12.0. The van der Waals surface area contributed by atoms with E-state index < -0.39 is 5.82 Å². The van der Waals surface area contributed by atoms with Crippen LogP contribution < -0.4 is 4.74 Å². The lowest BCUT2D eigenvalue weighted by molar-refractivity contribution is -0.133. The highest BCUT2D eigenvalue weighted by Gasteiger charge is 2.14. The van der Waals surface area contributed by atoms with Crippen LogP contribution in [0, 0.1) is 11.6 Å². The molecule has 0 aliphatic rings. The Labute approximate surface area is 128 Å². The minimum absolute atomic E-state index is 0.0395. The molecule has 5 heteroatoms. The normalized spacial score (nSPS) is 10.3. The first-order chi connectivity index (χ1) is 10.6. The monoisotopic (exact) mass is 305 g/mol. The van der Waals surface area contributed by atoms with Gasteiger partial charge in [-0.2, -0.15) is 0 Å². The number of carbonyl (C=O) groups excluding carboxylic acids is 1. The van der Waals surface area contributed by atoms with Crippen LogP contribution in [0.5, 0.6) is 5.75 Å². The van der Waals surface area contributed by atoms with Crippen LogP contribution in [0.1, 0.15) is 12.5 Å². The van der Waals surface area contributed by atoms with Crippen LogP contribution in [0.25, 0.3) is 0 Å². The lowest BCUT2D eigenvalue weighted by atomic mass is 10.2. The third kappa shape index (κ3) is 4.28. The molecule has 0 N–H and O–H groups in total. The molecule has 0 bridgehead atoms. The van der Waals surface area contributed by atoms with E-state index in [9.17, 15) is 13.6 Å². The largest absolute Gasteiger partial charge is 0.481 e. The number of nitrogens with zero attached hydrogens (tertiary/aromatic N) is 1. The highest BCUT2D eigenvalue weighted by molar-refractivity contribution is 5.77. The topological polar surface area (TPSA) is 29.5 Å². The first-order valence-corrected chi connectivity index (χ1v) is 6.99. The summed E-state index contributed by atoms with van der Waals surface area (Å²) in [7, 11) is 0. The first kappa shape index (κ1) is 15.9. The standard InChI is InChI=1S/C17H17F2NO2/c1-2-20(11-13-6-5-7-14(18)10-13)17(21)12-22-16-9-4-3-8-15(16)19/h3-10H,2,11-12H2,1H3. The zero-order valence-corrected chi connectivity index (χ0v) is 12.3. The Morgan fingerprint density at radius 1 is 1.14 bits per heavy atom. The molecule has 3 nitrogen and oxygen atoms in total. The van der Waals surface area contributed by atoms with Gasteiger partial charge in [0.25, 0.3) is 5.91 Å². The summed E-state index contributed by atoms with van der Waals surface area (Å²) in [6.45, 7) is 2.30. The average Bonchev–Trinajstić information content (AvgIpc) is 2.51. The predicted octanol–water partition coefficient (Wildman–Crippen LogP) is 3.39. The highest BCUT2D eigenvalue weighted by Crippen LogP contribution is 2.15. The molecule has 0 saturated carbocycles. The fourth-order valence-corrected chi connectivity index (χ4v) is 2.02. The van der Waals surface area contributed by atoms with Crippen LogP contribution in [0.3, 0.4) is 0 Å². The van der Waals surface area contributed by atoms with Crippen molar-refractivity contribution in [2.75, 3.05) is 13.2 Å². The van der Waals surface area contributed by atoms with Crippen molar-refractivity contribution >= 4 is 5.91 Å². The third-order valence-corrected chi connectivity index (χ3v) is 3.18. The molecular weight excluding hydrogens is 288 g/mol. The molecule has 116 valence electrons. The Balaban J connectivity index is 1.96. The van der Waals surface area contributed by atoms with Crippen LogP contribution in [-0.2, 0) is 11.3 Å². The molecule has 1 amide bonds.